The predicted molar refractivity (Wildman–Crippen MR) is 94.2 cm³/mol. The maximum absolute atomic E-state index is 13.8. The topological polar surface area (TPSA) is 49.4 Å². The van der Waals surface area contributed by atoms with Crippen molar-refractivity contribution in [1.29, 1.82) is 0 Å². The summed E-state index contributed by atoms with van der Waals surface area (Å²) in [6.07, 6.45) is 3.61. The van der Waals surface area contributed by atoms with Crippen LogP contribution < -0.4 is 10.2 Å². The molecule has 0 unspecified atom stereocenters. The van der Waals surface area contributed by atoms with E-state index in [1.807, 2.05) is 6.07 Å². The van der Waals surface area contributed by atoms with Crippen LogP contribution in [0.15, 0.2) is 36.4 Å². The quantitative estimate of drug-likeness (QED) is 0.907. The Morgan fingerprint density at radius 3 is 2.50 bits per heavy atom. The first kappa shape index (κ1) is 16.7. The Kier molecular flexibility index (Phi) is 4.18. The number of aryl methyl sites for hydroxylation is 1. The fraction of sp³-hybridized carbons (Fsp3) is 0.300. The Morgan fingerprint density at radius 1 is 1.08 bits per heavy atom. The van der Waals surface area contributed by atoms with E-state index in [9.17, 15) is 18.4 Å². The molecule has 0 spiro atoms. The molecule has 1 N–H and O–H groups in total. The van der Waals surface area contributed by atoms with Crippen LogP contribution in [0.25, 0.3) is 0 Å². The lowest BCUT2D eigenvalue weighted by Crippen LogP contribution is -2.36. The van der Waals surface area contributed by atoms with E-state index < -0.39 is 23.1 Å². The van der Waals surface area contributed by atoms with Gasteiger partial charge in [-0.2, -0.15) is 0 Å². The van der Waals surface area contributed by atoms with Crippen LogP contribution in [-0.4, -0.2) is 18.4 Å². The van der Waals surface area contributed by atoms with Crippen molar-refractivity contribution in [2.75, 3.05) is 16.8 Å². The number of rotatable bonds is 3. The van der Waals surface area contributed by atoms with Crippen LogP contribution in [-0.2, 0) is 11.2 Å². The Balaban J connectivity index is 1.61. The number of amides is 2. The Morgan fingerprint density at radius 2 is 1.81 bits per heavy atom. The molecule has 2 aromatic rings. The minimum atomic E-state index is -0.911. The van der Waals surface area contributed by atoms with Crippen LogP contribution >= 0.6 is 0 Å². The number of halogens is 2. The van der Waals surface area contributed by atoms with Gasteiger partial charge in [-0.1, -0.05) is 12.1 Å². The zero-order valence-corrected chi connectivity index (χ0v) is 14.1. The first-order valence-corrected chi connectivity index (χ1v) is 8.74. The van der Waals surface area contributed by atoms with Crippen LogP contribution in [0.3, 0.4) is 0 Å². The fourth-order valence-corrected chi connectivity index (χ4v) is 3.34. The van der Waals surface area contributed by atoms with Gasteiger partial charge in [-0.05, 0) is 55.5 Å². The Hall–Kier alpha value is -2.76. The maximum Gasteiger partial charge on any atom is 0.261 e. The molecule has 1 heterocycles. The molecule has 4 nitrogen and oxygen atoms in total. The molecule has 4 rings (SSSR count). The molecule has 6 heteroatoms. The zero-order chi connectivity index (χ0) is 18.3. The van der Waals surface area contributed by atoms with Crippen LogP contribution in [0.1, 0.15) is 35.2 Å². The molecule has 0 saturated heterocycles. The average Bonchev–Trinajstić information content (AvgIpc) is 3.45. The molecule has 134 valence electrons. The summed E-state index contributed by atoms with van der Waals surface area (Å²) in [6, 6.07) is 8.56. The van der Waals surface area contributed by atoms with Crippen molar-refractivity contribution in [3.63, 3.8) is 0 Å². The molecule has 26 heavy (non-hydrogen) atoms. The normalized spacial score (nSPS) is 16.2. The van der Waals surface area contributed by atoms with Crippen LogP contribution in [0.5, 0.6) is 0 Å². The minimum absolute atomic E-state index is 0.103. The second-order valence-electron chi connectivity index (χ2n) is 6.76. The lowest BCUT2D eigenvalue weighted by atomic mass is 10.0. The van der Waals surface area contributed by atoms with Crippen molar-refractivity contribution in [1.82, 2.24) is 0 Å². The van der Waals surface area contributed by atoms with E-state index in [4.69, 9.17) is 0 Å². The lowest BCUT2D eigenvalue weighted by molar-refractivity contribution is -0.119. The largest absolute Gasteiger partial charge is 0.322 e. The highest BCUT2D eigenvalue weighted by molar-refractivity contribution is 6.05. The summed E-state index contributed by atoms with van der Waals surface area (Å²) < 4.78 is 27.6. The average molecular weight is 356 g/mol. The molecule has 0 radical (unpaired) electrons. The van der Waals surface area contributed by atoms with Crippen molar-refractivity contribution < 1.29 is 18.4 Å². The number of carbonyl (C=O) groups is 2. The lowest BCUT2D eigenvalue weighted by Gasteiger charge is -2.30. The van der Waals surface area contributed by atoms with Crippen LogP contribution in [0.4, 0.5) is 20.2 Å². The zero-order valence-electron chi connectivity index (χ0n) is 14.1. The Labute approximate surface area is 149 Å². The van der Waals surface area contributed by atoms with Gasteiger partial charge in [-0.25, -0.2) is 8.78 Å². The molecule has 2 amide bonds. The minimum Gasteiger partial charge on any atom is -0.322 e. The van der Waals surface area contributed by atoms with Gasteiger partial charge in [-0.15, -0.1) is 0 Å². The van der Waals surface area contributed by atoms with E-state index in [1.54, 1.807) is 17.0 Å². The van der Waals surface area contributed by atoms with Crippen molar-refractivity contribution in [2.24, 2.45) is 5.92 Å². The first-order valence-electron chi connectivity index (χ1n) is 8.74. The molecule has 1 fully saturated rings. The highest BCUT2D eigenvalue weighted by Gasteiger charge is 2.35. The van der Waals surface area contributed by atoms with E-state index in [1.165, 1.54) is 6.07 Å². The van der Waals surface area contributed by atoms with Crippen molar-refractivity contribution in [2.45, 2.75) is 25.7 Å². The molecular formula is C20H18F2N2O2. The van der Waals surface area contributed by atoms with Gasteiger partial charge in [0.1, 0.15) is 17.2 Å². The number of anilines is 2. The highest BCUT2D eigenvalue weighted by Crippen LogP contribution is 2.37. The number of nitrogens with zero attached hydrogens (tertiary/aromatic N) is 1. The smallest absolute Gasteiger partial charge is 0.261 e. The Bertz CT molecular complexity index is 873. The molecule has 0 bridgehead atoms. The predicted octanol–water partition coefficient (Wildman–Crippen LogP) is 3.91. The third-order valence-electron chi connectivity index (χ3n) is 4.84. The van der Waals surface area contributed by atoms with E-state index in [0.29, 0.717) is 12.2 Å². The number of fused-ring (bicyclic) bond motifs is 1. The number of nitrogens with one attached hydrogen (secondary N) is 1. The summed E-state index contributed by atoms with van der Waals surface area (Å²) in [7, 11) is 0. The van der Waals surface area contributed by atoms with Gasteiger partial charge in [0.2, 0.25) is 5.91 Å². The van der Waals surface area contributed by atoms with Gasteiger partial charge in [0.15, 0.2) is 0 Å². The number of carbonyl (C=O) groups excluding carboxylic acids is 2. The maximum atomic E-state index is 13.8. The monoisotopic (exact) mass is 356 g/mol. The summed E-state index contributed by atoms with van der Waals surface area (Å²) in [5.41, 5.74) is 1.61. The van der Waals surface area contributed by atoms with Crippen LogP contribution in [0, 0.1) is 17.6 Å². The second kappa shape index (κ2) is 6.52. The van der Waals surface area contributed by atoms with Gasteiger partial charge in [0.25, 0.3) is 5.91 Å². The molecule has 2 aliphatic rings. The summed E-state index contributed by atoms with van der Waals surface area (Å²) in [5, 5.41) is 2.54. The van der Waals surface area contributed by atoms with E-state index >= 15 is 0 Å². The van der Waals surface area contributed by atoms with Crippen molar-refractivity contribution in [3.8, 4) is 0 Å². The molecular weight excluding hydrogens is 338 g/mol. The van der Waals surface area contributed by atoms with Gasteiger partial charge in [-0.3, -0.25) is 9.59 Å². The molecule has 1 saturated carbocycles. The van der Waals surface area contributed by atoms with E-state index in [-0.39, 0.29) is 11.8 Å². The molecule has 0 aromatic heterocycles. The SMILES string of the molecule is O=C(Nc1ccc2c(c1)N(C(=O)C1CC1)CCC2)c1c(F)cccc1F. The van der Waals surface area contributed by atoms with Gasteiger partial charge in [0.05, 0.1) is 0 Å². The fourth-order valence-electron chi connectivity index (χ4n) is 3.34. The standard InChI is InChI=1S/C20H18F2N2O2/c21-15-4-1-5-16(22)18(15)19(25)23-14-9-8-12-3-2-10-24(17(12)11-14)20(26)13-6-7-13/h1,4-5,8-9,11,13H,2-3,6-7,10H2,(H,23,25). The number of benzene rings is 2. The van der Waals surface area contributed by atoms with Gasteiger partial charge < -0.3 is 10.2 Å². The van der Waals surface area contributed by atoms with E-state index in [2.05, 4.69) is 5.32 Å². The first-order chi connectivity index (χ1) is 12.5. The molecule has 0 atom stereocenters. The summed E-state index contributed by atoms with van der Waals surface area (Å²) in [5.74, 6) is -2.45. The van der Waals surface area contributed by atoms with Crippen molar-refractivity contribution in [3.05, 3.63) is 59.2 Å². The third kappa shape index (κ3) is 3.07. The van der Waals surface area contributed by atoms with Gasteiger partial charge >= 0.3 is 0 Å². The van der Waals surface area contributed by atoms with E-state index in [0.717, 1.165) is 49.1 Å². The van der Waals surface area contributed by atoms with Gasteiger partial charge in [0, 0.05) is 23.8 Å². The van der Waals surface area contributed by atoms with Crippen LogP contribution in [0.2, 0.25) is 0 Å². The summed E-state index contributed by atoms with van der Waals surface area (Å²) in [6.45, 7) is 0.654. The summed E-state index contributed by atoms with van der Waals surface area (Å²) in [4.78, 5) is 26.6. The summed E-state index contributed by atoms with van der Waals surface area (Å²) >= 11 is 0. The molecule has 1 aliphatic carbocycles. The highest BCUT2D eigenvalue weighted by atomic mass is 19.1. The third-order valence-corrected chi connectivity index (χ3v) is 4.84. The van der Waals surface area contributed by atoms with Crippen molar-refractivity contribution >= 4 is 23.2 Å². The molecule has 2 aromatic carbocycles. The number of hydrogen-bond donors (Lipinski definition) is 1. The molecule has 1 aliphatic heterocycles. The second-order valence-corrected chi connectivity index (χ2v) is 6.76. The number of hydrogen-bond acceptors (Lipinski definition) is 2.